The van der Waals surface area contributed by atoms with Crippen LogP contribution in [0.4, 0.5) is 0 Å². The second-order valence-corrected chi connectivity index (χ2v) is 10.8. The van der Waals surface area contributed by atoms with Crippen LogP contribution in [0.15, 0.2) is 170 Å². The Balaban J connectivity index is 0.00000200. The first-order valence-corrected chi connectivity index (χ1v) is 14.9. The van der Waals surface area contributed by atoms with Gasteiger partial charge in [-0.25, -0.2) is 0 Å². The molecule has 220 valence electrons. The summed E-state index contributed by atoms with van der Waals surface area (Å²) >= 11 is 0. The third-order valence-corrected chi connectivity index (χ3v) is 8.30. The van der Waals surface area contributed by atoms with E-state index in [1.807, 2.05) is 6.08 Å². The Bertz CT molecular complexity index is 2120. The maximum Gasteiger partial charge on any atom is -0.000139 e. The molecule has 0 aliphatic rings. The van der Waals surface area contributed by atoms with Crippen LogP contribution in [0.3, 0.4) is 0 Å². The lowest BCUT2D eigenvalue weighted by molar-refractivity contribution is 1.63. The summed E-state index contributed by atoms with van der Waals surface area (Å²) < 4.78 is 0. The lowest BCUT2D eigenvalue weighted by atomic mass is 9.77. The van der Waals surface area contributed by atoms with E-state index in [0.29, 0.717) is 0 Å². The van der Waals surface area contributed by atoms with E-state index in [0.717, 1.165) is 5.57 Å². The summed E-state index contributed by atoms with van der Waals surface area (Å²) in [5.41, 5.74) is 9.77. The predicted molar refractivity (Wildman–Crippen MR) is 202 cm³/mol. The fourth-order valence-corrected chi connectivity index (χ4v) is 6.67. The summed E-state index contributed by atoms with van der Waals surface area (Å²) in [4.78, 5) is 0. The zero-order valence-corrected chi connectivity index (χ0v) is 24.3. The number of hydrogen-bond acceptors (Lipinski definition) is 0. The van der Waals surface area contributed by atoms with E-state index in [-0.39, 0.29) is 14.9 Å². The Morgan fingerprint density at radius 2 is 0.822 bits per heavy atom. The first-order chi connectivity index (χ1) is 21.3. The van der Waals surface area contributed by atoms with Crippen molar-refractivity contribution in [3.8, 4) is 33.4 Å². The largest absolute Gasteiger partial charge is 0.0990 e. The maximum atomic E-state index is 4.12. The van der Waals surface area contributed by atoms with Crippen molar-refractivity contribution in [1.82, 2.24) is 0 Å². The van der Waals surface area contributed by atoms with Gasteiger partial charge in [-0.15, -0.1) is 0 Å². The minimum atomic E-state index is 0. The molecule has 0 aliphatic carbocycles. The minimum Gasteiger partial charge on any atom is -0.0990 e. The van der Waals surface area contributed by atoms with Crippen molar-refractivity contribution in [3.63, 3.8) is 0 Å². The molecule has 0 amide bonds. The summed E-state index contributed by atoms with van der Waals surface area (Å²) in [5, 5.41) is 7.48. The van der Waals surface area contributed by atoms with Crippen molar-refractivity contribution >= 4 is 37.9 Å². The number of hydrogen-bond donors (Lipinski definition) is 0. The minimum absolute atomic E-state index is 0. The summed E-state index contributed by atoms with van der Waals surface area (Å²) in [6.45, 7) is 6.20. The zero-order valence-electron chi connectivity index (χ0n) is 24.3. The molecule has 0 radical (unpaired) electrons. The molecule has 0 aromatic heterocycles. The van der Waals surface area contributed by atoms with Crippen LogP contribution < -0.4 is 0 Å². The molecule has 0 saturated heterocycles. The fraction of sp³-hybridized carbons (Fsp3) is 0.0667. The molecule has 0 N–H and O–H groups in total. The SMILES string of the molecule is C.C.C=C/C=C(\C=C/C)c1c2ccccc2c(-c2ccccc2)c2c(-c3ccccc3)c3ccccc3c(-c3ccccc3)c12. The molecule has 0 aliphatic heterocycles. The summed E-state index contributed by atoms with van der Waals surface area (Å²) in [6, 6.07) is 50.5. The molecule has 0 saturated carbocycles. The summed E-state index contributed by atoms with van der Waals surface area (Å²) in [6.07, 6.45) is 8.40. The Morgan fingerprint density at radius 1 is 0.467 bits per heavy atom. The molecule has 0 atom stereocenters. The van der Waals surface area contributed by atoms with Crippen molar-refractivity contribution < 1.29 is 0 Å². The summed E-state index contributed by atoms with van der Waals surface area (Å²) in [5.74, 6) is 0. The normalized spacial score (nSPS) is 11.4. The van der Waals surface area contributed by atoms with E-state index in [1.165, 1.54) is 71.3 Å². The van der Waals surface area contributed by atoms with Gasteiger partial charge < -0.3 is 0 Å². The van der Waals surface area contributed by atoms with Crippen LogP contribution in [0.5, 0.6) is 0 Å². The molecule has 0 nitrogen and oxygen atoms in total. The van der Waals surface area contributed by atoms with Crippen LogP contribution in [0.25, 0.3) is 71.3 Å². The van der Waals surface area contributed by atoms with Crippen LogP contribution in [0, 0.1) is 0 Å². The van der Waals surface area contributed by atoms with Crippen molar-refractivity contribution in [2.75, 3.05) is 0 Å². The number of allylic oxidation sites excluding steroid dienone is 5. The van der Waals surface area contributed by atoms with Crippen molar-refractivity contribution in [1.29, 1.82) is 0 Å². The summed E-state index contributed by atoms with van der Waals surface area (Å²) in [7, 11) is 0. The van der Waals surface area contributed by atoms with Gasteiger partial charge in [-0.1, -0.05) is 185 Å². The van der Waals surface area contributed by atoms with Gasteiger partial charge in [0.25, 0.3) is 0 Å². The van der Waals surface area contributed by atoms with Gasteiger partial charge in [0.2, 0.25) is 0 Å². The second-order valence-electron chi connectivity index (χ2n) is 10.8. The van der Waals surface area contributed by atoms with Crippen molar-refractivity contribution in [2.45, 2.75) is 21.8 Å². The first-order valence-electron chi connectivity index (χ1n) is 14.9. The fourth-order valence-electron chi connectivity index (χ4n) is 6.67. The second kappa shape index (κ2) is 13.5. The van der Waals surface area contributed by atoms with E-state index in [1.54, 1.807) is 0 Å². The van der Waals surface area contributed by atoms with Crippen LogP contribution in [0.2, 0.25) is 0 Å². The van der Waals surface area contributed by atoms with Gasteiger partial charge in [-0.2, -0.15) is 0 Å². The highest BCUT2D eigenvalue weighted by Crippen LogP contribution is 2.52. The first kappa shape index (κ1) is 31.0. The molecule has 7 aromatic carbocycles. The standard InChI is InChI=1S/C43H32.2CH4/c1-3-18-30(19-4-2)38-34-26-14-15-27-35(34)40(32-22-10-6-11-23-32)43-41(33-24-12-7-13-25-33)37-29-17-16-28-36(37)39(42(38)43)31-20-8-5-9-21-31;;/h3-29H,1H2,2H3;2*1H4/b19-4-,30-18+;;. The highest BCUT2D eigenvalue weighted by Gasteiger charge is 2.25. The molecule has 0 spiro atoms. The molecule has 45 heavy (non-hydrogen) atoms. The van der Waals surface area contributed by atoms with Gasteiger partial charge in [-0.3, -0.25) is 0 Å². The topological polar surface area (TPSA) is 0 Å². The average molecular weight is 581 g/mol. The van der Waals surface area contributed by atoms with Crippen LogP contribution >= 0.6 is 0 Å². The van der Waals surface area contributed by atoms with Crippen LogP contribution in [-0.2, 0) is 0 Å². The van der Waals surface area contributed by atoms with E-state index in [9.17, 15) is 0 Å². The third kappa shape index (κ3) is 5.30. The molecule has 0 heteroatoms. The molecular weight excluding hydrogens is 540 g/mol. The average Bonchev–Trinajstić information content (AvgIpc) is 3.07. The Morgan fingerprint density at radius 3 is 1.22 bits per heavy atom. The quantitative estimate of drug-likeness (QED) is 0.136. The Hall–Kier alpha value is -5.46. The third-order valence-electron chi connectivity index (χ3n) is 8.30. The van der Waals surface area contributed by atoms with E-state index < -0.39 is 0 Å². The lowest BCUT2D eigenvalue weighted by Crippen LogP contribution is -1.99. The maximum absolute atomic E-state index is 4.12. The number of rotatable bonds is 6. The molecule has 0 heterocycles. The molecule has 0 fully saturated rings. The van der Waals surface area contributed by atoms with Gasteiger partial charge in [0.05, 0.1) is 0 Å². The smallest absolute Gasteiger partial charge is 0.000139 e. The van der Waals surface area contributed by atoms with Gasteiger partial charge in [0.15, 0.2) is 0 Å². The molecule has 7 rings (SSSR count). The molecule has 0 bridgehead atoms. The molecular formula is C45H40. The van der Waals surface area contributed by atoms with Gasteiger partial charge in [-0.05, 0) is 83.8 Å². The monoisotopic (exact) mass is 580 g/mol. The zero-order chi connectivity index (χ0) is 29.2. The molecule has 7 aromatic rings. The van der Waals surface area contributed by atoms with Crippen LogP contribution in [-0.4, -0.2) is 0 Å². The number of fused-ring (bicyclic) bond motifs is 3. The highest BCUT2D eigenvalue weighted by atomic mass is 14.3. The van der Waals surface area contributed by atoms with Gasteiger partial charge in [0.1, 0.15) is 0 Å². The highest BCUT2D eigenvalue weighted by molar-refractivity contribution is 6.32. The van der Waals surface area contributed by atoms with Crippen molar-refractivity contribution in [2.24, 2.45) is 0 Å². The van der Waals surface area contributed by atoms with Gasteiger partial charge >= 0.3 is 0 Å². The van der Waals surface area contributed by atoms with E-state index in [4.69, 9.17) is 0 Å². The van der Waals surface area contributed by atoms with Crippen molar-refractivity contribution in [3.05, 3.63) is 176 Å². The van der Waals surface area contributed by atoms with Crippen LogP contribution in [0.1, 0.15) is 27.3 Å². The van der Waals surface area contributed by atoms with E-state index >= 15 is 0 Å². The van der Waals surface area contributed by atoms with E-state index in [2.05, 4.69) is 171 Å². The Labute approximate surface area is 268 Å². The number of benzene rings is 7. The predicted octanol–water partition coefficient (Wildman–Crippen LogP) is 13.6. The van der Waals surface area contributed by atoms with Gasteiger partial charge in [0, 0.05) is 0 Å². The molecule has 0 unspecified atom stereocenters. The Kier molecular flexibility index (Phi) is 9.26. The lowest BCUT2D eigenvalue weighted by Gasteiger charge is -2.25.